The third-order valence-corrected chi connectivity index (χ3v) is 17.5. The van der Waals surface area contributed by atoms with Gasteiger partial charge in [0.15, 0.2) is 0 Å². The smallest absolute Gasteiger partial charge is 0.326 e. The number of carbonyl (C=O) groups is 13. The fourth-order valence-corrected chi connectivity index (χ4v) is 11.2. The molecule has 1 aromatic rings. The van der Waals surface area contributed by atoms with Crippen molar-refractivity contribution < 1.29 is 77.6 Å². The highest BCUT2D eigenvalue weighted by Crippen LogP contribution is 2.17. The Kier molecular flexibility index (Phi) is 44.9. The number of aromatic hydroxyl groups is 1. The number of nitrogens with one attached hydrogen (secondary N) is 12. The minimum Gasteiger partial charge on any atom is -0.508 e. The zero-order valence-corrected chi connectivity index (χ0v) is 64.3. The first kappa shape index (κ1) is 94.9. The first-order valence-electron chi connectivity index (χ1n) is 37.1. The number of carbonyl (C=O) groups excluding carboxylic acids is 12. The molecule has 0 heterocycles. The van der Waals surface area contributed by atoms with Gasteiger partial charge in [-0.3, -0.25) is 57.5 Å². The molecule has 0 aliphatic rings. The summed E-state index contributed by atoms with van der Waals surface area (Å²) in [5.74, 6) is -13.8. The summed E-state index contributed by atoms with van der Waals surface area (Å²) < 4.78 is 0. The van der Waals surface area contributed by atoms with Gasteiger partial charge in [-0.2, -0.15) is 0 Å². The lowest BCUT2D eigenvalue weighted by Gasteiger charge is -2.30. The number of aliphatic hydroxyl groups excluding tert-OH is 1. The summed E-state index contributed by atoms with van der Waals surface area (Å²) in [5.41, 5.74) is 29.6. The maximum atomic E-state index is 14.4. The molecule has 0 saturated heterocycles. The lowest BCUT2D eigenvalue weighted by Crippen LogP contribution is -2.63. The molecule has 0 spiro atoms. The van der Waals surface area contributed by atoms with E-state index >= 15 is 0 Å². The number of aliphatic hydroxyl groups is 1. The molecule has 105 heavy (non-hydrogen) atoms. The average Bonchev–Trinajstić information content (AvgIpc) is 0.849. The SMILES string of the molecule is CC(C)C[C@H](NC(=O)[C@H](C)NC(=O)[C@@H](NC(=O)[C@@H](NC(=O)[C@H](CCCCN)NC(=O)[C@H](CCCCN)NC(=O)[C@H](CCCCN)NC(=O)[C@@H](N)CCCCN)C(C)C)C(C)C)C(=O)N[C@H](C(=O)N[C@@H](Cc1ccc(O)cc1)C(=O)N[C@H](C(=O)N[C@@H](CC(C)C)C(=O)N[C@H](C(=O)O)C(C)C)C(C)C)[C@@H](C)O. The largest absolute Gasteiger partial charge is 0.508 e. The summed E-state index contributed by atoms with van der Waals surface area (Å²) in [5, 5.41) is 62.7. The molecule has 0 saturated carbocycles. The average molecular weight is 1490 g/mol. The zero-order valence-electron chi connectivity index (χ0n) is 64.3. The summed E-state index contributed by atoms with van der Waals surface area (Å²) in [6, 6.07) is -11.3. The summed E-state index contributed by atoms with van der Waals surface area (Å²) in [4.78, 5) is 181. The van der Waals surface area contributed by atoms with Gasteiger partial charge in [0.2, 0.25) is 70.9 Å². The van der Waals surface area contributed by atoms with Crippen molar-refractivity contribution in [3.8, 4) is 5.75 Å². The van der Waals surface area contributed by atoms with Crippen molar-refractivity contribution in [3.05, 3.63) is 29.8 Å². The van der Waals surface area contributed by atoms with Crippen molar-refractivity contribution in [2.45, 2.75) is 278 Å². The summed E-state index contributed by atoms with van der Waals surface area (Å²) >= 11 is 0. The number of hydrogen-bond donors (Lipinski definition) is 20. The lowest BCUT2D eigenvalue weighted by atomic mass is 9.98. The van der Waals surface area contributed by atoms with Crippen molar-refractivity contribution >= 4 is 76.9 Å². The van der Waals surface area contributed by atoms with Gasteiger partial charge >= 0.3 is 5.97 Å². The topological polar surface area (TPSA) is 557 Å². The van der Waals surface area contributed by atoms with E-state index < -0.39 is 185 Å². The number of hydrogen-bond acceptors (Lipinski definition) is 20. The number of unbranched alkanes of at least 4 members (excludes halogenated alkanes) is 4. The molecule has 0 fully saturated rings. The fraction of sp³-hybridized carbons (Fsp3) is 0.736. The van der Waals surface area contributed by atoms with Crippen molar-refractivity contribution in [3.63, 3.8) is 0 Å². The summed E-state index contributed by atoms with van der Waals surface area (Å²) in [6.45, 7) is 23.9. The van der Waals surface area contributed by atoms with Gasteiger partial charge in [-0.15, -0.1) is 0 Å². The zero-order chi connectivity index (χ0) is 80.0. The van der Waals surface area contributed by atoms with E-state index in [0.717, 1.165) is 0 Å². The van der Waals surface area contributed by atoms with Gasteiger partial charge in [0, 0.05) is 6.42 Å². The molecule has 0 aliphatic carbocycles. The second-order valence-corrected chi connectivity index (χ2v) is 29.5. The normalized spacial score (nSPS) is 15.6. The number of carboxylic acids is 1. The number of nitrogens with two attached hydrogens (primary N) is 5. The lowest BCUT2D eigenvalue weighted by molar-refractivity contribution is -0.143. The van der Waals surface area contributed by atoms with Crippen LogP contribution in [-0.2, 0) is 68.7 Å². The van der Waals surface area contributed by atoms with E-state index in [1.54, 1.807) is 83.1 Å². The Morgan fingerprint density at radius 3 is 0.990 bits per heavy atom. The molecule has 33 nitrogen and oxygen atoms in total. The Morgan fingerprint density at radius 1 is 0.333 bits per heavy atom. The van der Waals surface area contributed by atoms with E-state index in [4.69, 9.17) is 28.7 Å². The molecule has 1 aromatic carbocycles. The Hall–Kier alpha value is -8.11. The molecule has 598 valence electrons. The number of phenols is 1. The highest BCUT2D eigenvalue weighted by atomic mass is 16.4. The van der Waals surface area contributed by atoms with Crippen molar-refractivity contribution in [1.29, 1.82) is 0 Å². The predicted octanol–water partition coefficient (Wildman–Crippen LogP) is -1.20. The van der Waals surface area contributed by atoms with E-state index in [1.807, 2.05) is 0 Å². The number of benzene rings is 1. The van der Waals surface area contributed by atoms with Crippen molar-refractivity contribution in [2.24, 2.45) is 64.2 Å². The first-order valence-corrected chi connectivity index (χ1v) is 37.1. The molecule has 1 rings (SSSR count). The molecule has 12 amide bonds. The minimum absolute atomic E-state index is 0.0328. The van der Waals surface area contributed by atoms with Gasteiger partial charge in [0.25, 0.3) is 0 Å². The van der Waals surface area contributed by atoms with Gasteiger partial charge in [-0.25, -0.2) is 4.79 Å². The van der Waals surface area contributed by atoms with Gasteiger partial charge in [-0.05, 0) is 177 Å². The highest BCUT2D eigenvalue weighted by molar-refractivity contribution is 6.00. The summed E-state index contributed by atoms with van der Waals surface area (Å²) in [6.07, 6.45) is 2.88. The highest BCUT2D eigenvalue weighted by Gasteiger charge is 2.39. The number of aliphatic carboxylic acids is 1. The third kappa shape index (κ3) is 35.7. The van der Waals surface area contributed by atoms with Crippen LogP contribution in [0.1, 0.15) is 192 Å². The Morgan fingerprint density at radius 2 is 0.619 bits per heavy atom. The van der Waals surface area contributed by atoms with Crippen LogP contribution in [-0.4, -0.2) is 203 Å². The maximum Gasteiger partial charge on any atom is 0.326 e. The van der Waals surface area contributed by atoms with Crippen LogP contribution in [0.2, 0.25) is 0 Å². The molecular formula is C72H129N17O16. The Labute approximate surface area is 619 Å². The Bertz CT molecular complexity index is 2920. The van der Waals surface area contributed by atoms with E-state index in [9.17, 15) is 77.6 Å². The number of carboxylic acid groups (broad SMARTS) is 1. The first-order chi connectivity index (χ1) is 49.2. The fourth-order valence-electron chi connectivity index (χ4n) is 11.2. The molecule has 25 N–H and O–H groups in total. The van der Waals surface area contributed by atoms with Crippen LogP contribution in [0.4, 0.5) is 0 Å². The molecule has 0 aromatic heterocycles. The van der Waals surface area contributed by atoms with Gasteiger partial charge in [0.1, 0.15) is 78.3 Å². The van der Waals surface area contributed by atoms with Gasteiger partial charge in [-0.1, -0.05) is 102 Å². The van der Waals surface area contributed by atoms with E-state index in [-0.39, 0.29) is 69.2 Å². The molecule has 14 atom stereocenters. The molecule has 0 unspecified atom stereocenters. The Balaban J connectivity index is 3.51. The van der Waals surface area contributed by atoms with Gasteiger partial charge in [0.05, 0.1) is 12.1 Å². The molecule has 0 bridgehead atoms. The molecule has 0 aliphatic heterocycles. The van der Waals surface area contributed by atoms with E-state index in [2.05, 4.69) is 63.8 Å². The van der Waals surface area contributed by atoms with Gasteiger partial charge < -0.3 is 108 Å². The van der Waals surface area contributed by atoms with Crippen LogP contribution in [0, 0.1) is 35.5 Å². The van der Waals surface area contributed by atoms with Crippen LogP contribution in [0.15, 0.2) is 24.3 Å². The minimum atomic E-state index is -1.78. The van der Waals surface area contributed by atoms with Crippen LogP contribution < -0.4 is 92.5 Å². The predicted molar refractivity (Wildman–Crippen MR) is 398 cm³/mol. The number of amides is 12. The van der Waals surface area contributed by atoms with Crippen LogP contribution in [0.3, 0.4) is 0 Å². The van der Waals surface area contributed by atoms with Crippen LogP contribution >= 0.6 is 0 Å². The number of phenolic OH excluding ortho intramolecular Hbond substituents is 1. The van der Waals surface area contributed by atoms with Crippen molar-refractivity contribution in [1.82, 2.24) is 63.8 Å². The van der Waals surface area contributed by atoms with Crippen LogP contribution in [0.5, 0.6) is 5.75 Å². The summed E-state index contributed by atoms with van der Waals surface area (Å²) in [7, 11) is 0. The quantitative estimate of drug-likeness (QED) is 0.0341. The third-order valence-electron chi connectivity index (χ3n) is 17.5. The molecule has 33 heteroatoms. The second kappa shape index (κ2) is 49.6. The monoisotopic (exact) mass is 1490 g/mol. The maximum absolute atomic E-state index is 14.4. The number of rotatable bonds is 52. The van der Waals surface area contributed by atoms with Crippen molar-refractivity contribution in [2.75, 3.05) is 26.2 Å². The molecular weight excluding hydrogens is 1360 g/mol. The second-order valence-electron chi connectivity index (χ2n) is 29.5. The standard InChI is InChI=1S/C72H129N17O16/c1-38(2)35-52(66(98)89-59(45(14)90)71(103)84-54(37-46-27-29-47(91)30-28-46)67(99)86-56(41(7)8)69(101)83-53(36-39(3)4)65(97)88-58(43(11)12)72(104)105)82-60(92)44(13)78-68(100)55(40(5)6)87-70(102)57(42(9)10)85-64(96)51(26-18-22-34-76)81-63(95)50(25-17-21-33-75)80-62(94)49(24-16-20-32-74)79-61(93)48(77)23-15-19-31-73/h27-30,38-45,48-59,90-91H,15-26,31-37,73-77H2,1-14H3,(H,78,100)(H,79,93)(H,80,94)(H,81,95)(H,82,92)(H,83,101)(H,84,103)(H,85,96)(H,86,99)(H,87,102)(H,88,97)(H,89,98)(H,104,105)/t44-,45+,48-,49-,50-,51-,52-,53-,54-,55-,56-,57-,58-,59-/m0/s1. The van der Waals surface area contributed by atoms with E-state index in [1.165, 1.54) is 38.1 Å². The van der Waals surface area contributed by atoms with Crippen LogP contribution in [0.25, 0.3) is 0 Å². The van der Waals surface area contributed by atoms with E-state index in [0.29, 0.717) is 76.4 Å². The molecule has 0 radical (unpaired) electrons.